The zero-order chi connectivity index (χ0) is 42.8. The van der Waals surface area contributed by atoms with Crippen molar-refractivity contribution in [3.8, 4) is 0 Å². The molecular weight excluding hydrogens is 744 g/mol. The van der Waals surface area contributed by atoms with E-state index in [1.807, 2.05) is 27.2 Å². The number of unbranched alkanes of at least 4 members (excludes halogenated alkanes) is 18. The van der Waals surface area contributed by atoms with Gasteiger partial charge in [0.05, 0.1) is 39.9 Å². The fraction of sp³-hybridized carbons (Fsp3) is 0.735. The summed E-state index contributed by atoms with van der Waals surface area (Å²) in [6, 6.07) is -0.934. The van der Waals surface area contributed by atoms with Crippen LogP contribution in [-0.2, 0) is 18.4 Å². The van der Waals surface area contributed by atoms with Crippen LogP contribution in [0.3, 0.4) is 0 Å². The maximum Gasteiger partial charge on any atom is 0.268 e. The normalized spacial score (nSPS) is 14.9. The smallest absolute Gasteiger partial charge is 0.268 e. The molecule has 0 radical (unpaired) electrons. The second kappa shape index (κ2) is 40.4. The van der Waals surface area contributed by atoms with Crippen molar-refractivity contribution in [2.75, 3.05) is 40.9 Å². The van der Waals surface area contributed by atoms with Crippen LogP contribution in [-0.4, -0.2) is 68.5 Å². The van der Waals surface area contributed by atoms with E-state index in [2.05, 4.69) is 79.9 Å². The number of carbonyl (C=O) groups excluding carboxylic acids is 1. The number of hydrogen-bond acceptors (Lipinski definition) is 6. The molecule has 0 aromatic rings. The molecule has 0 saturated heterocycles. The molecule has 9 heteroatoms. The summed E-state index contributed by atoms with van der Waals surface area (Å²) >= 11 is 0. The van der Waals surface area contributed by atoms with Gasteiger partial charge >= 0.3 is 0 Å². The van der Waals surface area contributed by atoms with Gasteiger partial charge in [0.25, 0.3) is 7.82 Å². The molecule has 0 aromatic carbocycles. The highest BCUT2D eigenvalue weighted by atomic mass is 31.2. The summed E-state index contributed by atoms with van der Waals surface area (Å²) in [5, 5.41) is 13.7. The molecule has 0 aromatic heterocycles. The largest absolute Gasteiger partial charge is 0.756 e. The fourth-order valence-corrected chi connectivity index (χ4v) is 6.88. The summed E-state index contributed by atoms with van der Waals surface area (Å²) in [4.78, 5) is 25.3. The Morgan fingerprint density at radius 2 is 1.02 bits per heavy atom. The number of likely N-dealkylation sites (N-methyl/N-ethyl adjacent to an activating group) is 1. The topological polar surface area (TPSA) is 108 Å². The van der Waals surface area contributed by atoms with Crippen molar-refractivity contribution in [3.63, 3.8) is 0 Å². The first-order chi connectivity index (χ1) is 28.0. The van der Waals surface area contributed by atoms with Crippen LogP contribution < -0.4 is 10.2 Å². The van der Waals surface area contributed by atoms with Crippen LogP contribution in [0.2, 0.25) is 0 Å². The van der Waals surface area contributed by atoms with E-state index in [0.29, 0.717) is 17.4 Å². The minimum atomic E-state index is -4.61. The number of carbonyl (C=O) groups is 1. The lowest BCUT2D eigenvalue weighted by Crippen LogP contribution is -2.45. The summed E-state index contributed by atoms with van der Waals surface area (Å²) in [5.41, 5.74) is 0. The van der Waals surface area contributed by atoms with Crippen LogP contribution in [0.1, 0.15) is 181 Å². The molecule has 336 valence electrons. The SMILES string of the molecule is CCCCCCCCC/C=C/C/C=C/C/C=C/C/C=C/CCCC(=O)N[C@@H](COP(=O)([O-])OCC[N+](C)(C)C)[C@H](O)/C=C/CC/C=C/CCCCCCCCCCC. The lowest BCUT2D eigenvalue weighted by atomic mass is 10.1. The van der Waals surface area contributed by atoms with Crippen LogP contribution in [0.4, 0.5) is 0 Å². The van der Waals surface area contributed by atoms with Crippen molar-refractivity contribution < 1.29 is 32.9 Å². The third kappa shape index (κ3) is 42.1. The first kappa shape index (κ1) is 55.9. The molecule has 0 aliphatic carbocycles. The third-order valence-corrected chi connectivity index (χ3v) is 10.9. The van der Waals surface area contributed by atoms with E-state index in [0.717, 1.165) is 44.9 Å². The van der Waals surface area contributed by atoms with E-state index in [1.165, 1.54) is 109 Å². The first-order valence-electron chi connectivity index (χ1n) is 23.3. The van der Waals surface area contributed by atoms with Crippen molar-refractivity contribution >= 4 is 13.7 Å². The molecule has 0 spiro atoms. The van der Waals surface area contributed by atoms with Gasteiger partial charge in [0.15, 0.2) is 0 Å². The lowest BCUT2D eigenvalue weighted by molar-refractivity contribution is -0.870. The molecular formula is C49H89N2O6P. The van der Waals surface area contributed by atoms with Gasteiger partial charge in [-0.05, 0) is 70.6 Å². The number of hydrogen-bond donors (Lipinski definition) is 2. The highest BCUT2D eigenvalue weighted by Crippen LogP contribution is 2.38. The molecule has 0 fully saturated rings. The molecule has 2 N–H and O–H groups in total. The number of aliphatic hydroxyl groups excluding tert-OH is 1. The van der Waals surface area contributed by atoms with E-state index in [9.17, 15) is 19.4 Å². The number of quaternary nitrogens is 1. The number of nitrogens with one attached hydrogen (secondary N) is 1. The minimum absolute atomic E-state index is 0.0198. The van der Waals surface area contributed by atoms with E-state index in [-0.39, 0.29) is 18.9 Å². The Balaban J connectivity index is 4.55. The number of phosphoric acid groups is 1. The van der Waals surface area contributed by atoms with E-state index < -0.39 is 26.6 Å². The maximum absolute atomic E-state index is 12.8. The molecule has 1 unspecified atom stereocenters. The lowest BCUT2D eigenvalue weighted by Gasteiger charge is -2.29. The second-order valence-electron chi connectivity index (χ2n) is 16.7. The van der Waals surface area contributed by atoms with Crippen LogP contribution >= 0.6 is 7.82 Å². The monoisotopic (exact) mass is 833 g/mol. The van der Waals surface area contributed by atoms with Gasteiger partial charge in [0, 0.05) is 6.42 Å². The van der Waals surface area contributed by atoms with Crippen molar-refractivity contribution in [1.82, 2.24) is 5.32 Å². The van der Waals surface area contributed by atoms with Gasteiger partial charge in [-0.25, -0.2) is 0 Å². The Bertz CT molecular complexity index is 1170. The van der Waals surface area contributed by atoms with Gasteiger partial charge in [0.2, 0.25) is 5.91 Å². The predicted octanol–water partition coefficient (Wildman–Crippen LogP) is 12.6. The van der Waals surface area contributed by atoms with Crippen molar-refractivity contribution in [2.24, 2.45) is 0 Å². The van der Waals surface area contributed by atoms with Gasteiger partial charge < -0.3 is 28.8 Å². The van der Waals surface area contributed by atoms with Gasteiger partial charge in [-0.1, -0.05) is 177 Å². The van der Waals surface area contributed by atoms with E-state index in [4.69, 9.17) is 9.05 Å². The van der Waals surface area contributed by atoms with Crippen LogP contribution in [0.5, 0.6) is 0 Å². The molecule has 0 rings (SSSR count). The van der Waals surface area contributed by atoms with Crippen LogP contribution in [0, 0.1) is 0 Å². The Hall–Kier alpha value is -2.06. The standard InChI is InChI=1S/C49H89N2O6P/c1-6-8-10-12-14-16-18-20-22-23-24-25-26-27-29-31-33-35-37-39-41-43-49(53)50-47(46-57-58(54,55)56-45-44-51(3,4)5)48(52)42-40-38-36-34-32-30-28-21-19-17-15-13-11-9-7-2/h22-23,25-26,29,31-32,34-35,37,40,42,47-48,52H,6-21,24,27-28,30,33,36,38-39,41,43-46H2,1-5H3,(H-,50,53,54,55)/b23-22+,26-25+,31-29+,34-32+,37-35+,42-40+/t47-,48+/m0/s1. The van der Waals surface area contributed by atoms with Crippen LogP contribution in [0.25, 0.3) is 0 Å². The Kier molecular flexibility index (Phi) is 38.9. The second-order valence-corrected chi connectivity index (χ2v) is 18.2. The number of amides is 1. The molecule has 0 aliphatic heterocycles. The van der Waals surface area contributed by atoms with E-state index >= 15 is 0 Å². The zero-order valence-electron chi connectivity index (χ0n) is 38.0. The van der Waals surface area contributed by atoms with Gasteiger partial charge in [-0.2, -0.15) is 0 Å². The van der Waals surface area contributed by atoms with Crippen molar-refractivity contribution in [2.45, 2.75) is 193 Å². The third-order valence-electron chi connectivity index (χ3n) is 9.89. The summed E-state index contributed by atoms with van der Waals surface area (Å²) in [7, 11) is 1.20. The Morgan fingerprint density at radius 1 is 0.603 bits per heavy atom. The fourth-order valence-electron chi connectivity index (χ4n) is 6.16. The average molecular weight is 833 g/mol. The van der Waals surface area contributed by atoms with Gasteiger partial charge in [-0.3, -0.25) is 9.36 Å². The van der Waals surface area contributed by atoms with Gasteiger partial charge in [-0.15, -0.1) is 0 Å². The number of aliphatic hydroxyl groups is 1. The summed E-state index contributed by atoms with van der Waals surface area (Å²) in [5.74, 6) is -0.264. The summed E-state index contributed by atoms with van der Waals surface area (Å²) in [6.45, 7) is 4.56. The highest BCUT2D eigenvalue weighted by molar-refractivity contribution is 7.45. The summed E-state index contributed by atoms with van der Waals surface area (Å²) < 4.78 is 23.2. The molecule has 0 saturated carbocycles. The molecule has 1 amide bonds. The van der Waals surface area contributed by atoms with E-state index in [1.54, 1.807) is 6.08 Å². The Morgan fingerprint density at radius 3 is 1.52 bits per heavy atom. The van der Waals surface area contributed by atoms with Crippen LogP contribution in [0.15, 0.2) is 72.9 Å². The number of allylic oxidation sites excluding steroid dienone is 11. The number of nitrogens with zero attached hydrogens (tertiary/aromatic N) is 1. The average Bonchev–Trinajstić information content (AvgIpc) is 3.17. The van der Waals surface area contributed by atoms with Crippen molar-refractivity contribution in [1.29, 1.82) is 0 Å². The molecule has 0 bridgehead atoms. The minimum Gasteiger partial charge on any atom is -0.756 e. The molecule has 3 atom stereocenters. The summed E-state index contributed by atoms with van der Waals surface area (Å²) in [6.07, 6.45) is 53.9. The highest BCUT2D eigenvalue weighted by Gasteiger charge is 2.23. The van der Waals surface area contributed by atoms with Gasteiger partial charge in [0.1, 0.15) is 13.2 Å². The molecule has 8 nitrogen and oxygen atoms in total. The molecule has 0 aliphatic rings. The van der Waals surface area contributed by atoms with Crippen molar-refractivity contribution in [3.05, 3.63) is 72.9 Å². The molecule has 58 heavy (non-hydrogen) atoms. The zero-order valence-corrected chi connectivity index (χ0v) is 38.9. The Labute approximate surface area is 357 Å². The first-order valence-corrected chi connectivity index (χ1v) is 24.8. The quantitative estimate of drug-likeness (QED) is 0.0275. The number of phosphoric ester groups is 1. The molecule has 0 heterocycles. The number of rotatable bonds is 41. The maximum atomic E-state index is 12.8. The predicted molar refractivity (Wildman–Crippen MR) is 247 cm³/mol.